The Morgan fingerprint density at radius 3 is 2.19 bits per heavy atom. The molecule has 0 amide bonds. The molecule has 1 aromatic rings. The number of hydrogen-bond acceptors (Lipinski definition) is 4. The number of alkyl halides is 1. The van der Waals surface area contributed by atoms with Gasteiger partial charge in [-0.25, -0.2) is 16.8 Å². The summed E-state index contributed by atoms with van der Waals surface area (Å²) < 4.78 is 48.0. The lowest BCUT2D eigenvalue weighted by atomic mass is 10.2. The molecule has 0 aromatic heterocycles. The first kappa shape index (κ1) is 19.0. The second-order valence-corrected chi connectivity index (χ2v) is 9.75. The third kappa shape index (κ3) is 4.71. The predicted molar refractivity (Wildman–Crippen MR) is 85.5 cm³/mol. The average Bonchev–Trinajstić information content (AvgIpc) is 2.35. The Morgan fingerprint density at radius 1 is 1.14 bits per heavy atom. The van der Waals surface area contributed by atoms with Crippen molar-refractivity contribution in [2.75, 3.05) is 25.6 Å². The van der Waals surface area contributed by atoms with Crippen LogP contribution < -0.4 is 0 Å². The minimum Gasteiger partial charge on any atom is -0.229 e. The molecule has 0 radical (unpaired) electrons. The molecule has 0 saturated carbocycles. The van der Waals surface area contributed by atoms with Crippen LogP contribution in [0.4, 0.5) is 0 Å². The lowest BCUT2D eigenvalue weighted by molar-refractivity contribution is 0.485. The van der Waals surface area contributed by atoms with E-state index < -0.39 is 19.9 Å². The van der Waals surface area contributed by atoms with Crippen LogP contribution in [-0.4, -0.2) is 46.7 Å². The number of sulfone groups is 1. The summed E-state index contributed by atoms with van der Waals surface area (Å²) in [6.07, 6.45) is 1.04. The standard InChI is InChI=1S/C11H14Cl3NO4S2/c1-15(5-6-20(2,16)17)21(18,19)10-4-3-9(13)8(7-12)11(10)14/h3-4H,5-7H2,1-2H3. The summed E-state index contributed by atoms with van der Waals surface area (Å²) in [5.74, 6) is -0.315. The summed E-state index contributed by atoms with van der Waals surface area (Å²) in [5.41, 5.74) is 0.317. The Kier molecular flexibility index (Phi) is 6.35. The van der Waals surface area contributed by atoms with Crippen molar-refractivity contribution in [3.8, 4) is 0 Å². The van der Waals surface area contributed by atoms with Crippen LogP contribution in [-0.2, 0) is 25.7 Å². The molecule has 0 N–H and O–H groups in total. The topological polar surface area (TPSA) is 71.5 Å². The lowest BCUT2D eigenvalue weighted by Crippen LogP contribution is -2.31. The third-order valence-electron chi connectivity index (χ3n) is 2.75. The molecule has 0 fully saturated rings. The van der Waals surface area contributed by atoms with Gasteiger partial charge >= 0.3 is 0 Å². The maximum atomic E-state index is 12.4. The van der Waals surface area contributed by atoms with Crippen LogP contribution in [0.1, 0.15) is 5.56 Å². The van der Waals surface area contributed by atoms with Crippen molar-refractivity contribution >= 4 is 54.7 Å². The number of nitrogens with zero attached hydrogens (tertiary/aromatic N) is 1. The van der Waals surface area contributed by atoms with E-state index in [0.717, 1.165) is 10.6 Å². The highest BCUT2D eigenvalue weighted by atomic mass is 35.5. The van der Waals surface area contributed by atoms with Gasteiger partial charge in [0.15, 0.2) is 0 Å². The van der Waals surface area contributed by atoms with Crippen LogP contribution in [0.3, 0.4) is 0 Å². The first-order valence-electron chi connectivity index (χ1n) is 5.67. The molecule has 0 heterocycles. The molecule has 120 valence electrons. The maximum absolute atomic E-state index is 12.4. The van der Waals surface area contributed by atoms with Crippen molar-refractivity contribution in [1.82, 2.24) is 4.31 Å². The first-order chi connectivity index (χ1) is 9.50. The van der Waals surface area contributed by atoms with Gasteiger partial charge in [0.2, 0.25) is 10.0 Å². The van der Waals surface area contributed by atoms with Crippen LogP contribution in [0.25, 0.3) is 0 Å². The summed E-state index contributed by atoms with van der Waals surface area (Å²) >= 11 is 17.6. The molecule has 0 bridgehead atoms. The third-order valence-corrected chi connectivity index (χ3v) is 6.74. The van der Waals surface area contributed by atoms with Crippen LogP contribution in [0.2, 0.25) is 10.0 Å². The predicted octanol–water partition coefficient (Wildman–Crippen LogP) is 2.40. The van der Waals surface area contributed by atoms with Crippen LogP contribution >= 0.6 is 34.8 Å². The van der Waals surface area contributed by atoms with Gasteiger partial charge in [-0.15, -0.1) is 11.6 Å². The van der Waals surface area contributed by atoms with Crippen molar-refractivity contribution in [2.24, 2.45) is 0 Å². The Hall–Kier alpha value is -0.0500. The summed E-state index contributed by atoms with van der Waals surface area (Å²) in [5, 5.41) is 0.219. The maximum Gasteiger partial charge on any atom is 0.244 e. The largest absolute Gasteiger partial charge is 0.244 e. The van der Waals surface area contributed by atoms with E-state index in [1.165, 1.54) is 19.2 Å². The second-order valence-electron chi connectivity index (χ2n) is 4.43. The highest BCUT2D eigenvalue weighted by Gasteiger charge is 2.26. The lowest BCUT2D eigenvalue weighted by Gasteiger charge is -2.18. The minimum absolute atomic E-state index is 0.0337. The molecule has 0 unspecified atom stereocenters. The van der Waals surface area contributed by atoms with Gasteiger partial charge in [0, 0.05) is 30.4 Å². The van der Waals surface area contributed by atoms with Gasteiger partial charge in [-0.2, -0.15) is 4.31 Å². The molecule has 5 nitrogen and oxygen atoms in total. The van der Waals surface area contributed by atoms with Crippen molar-refractivity contribution in [2.45, 2.75) is 10.8 Å². The van der Waals surface area contributed by atoms with Crippen LogP contribution in [0.15, 0.2) is 17.0 Å². The van der Waals surface area contributed by atoms with E-state index in [1.54, 1.807) is 0 Å². The van der Waals surface area contributed by atoms with E-state index in [4.69, 9.17) is 34.8 Å². The summed E-state index contributed by atoms with van der Waals surface area (Å²) in [6.45, 7) is -0.170. The fourth-order valence-corrected chi connectivity index (χ4v) is 4.67. The Labute approximate surface area is 139 Å². The number of halogens is 3. The van der Waals surface area contributed by atoms with Gasteiger partial charge < -0.3 is 0 Å². The molecule has 0 spiro atoms. The molecule has 1 aromatic carbocycles. The molecule has 0 aliphatic carbocycles. The quantitative estimate of drug-likeness (QED) is 0.695. The SMILES string of the molecule is CN(CCS(C)(=O)=O)S(=O)(=O)c1ccc(Cl)c(CCl)c1Cl. The molecule has 0 saturated heterocycles. The van der Waals surface area contributed by atoms with E-state index in [2.05, 4.69) is 0 Å². The second kappa shape index (κ2) is 7.02. The van der Waals surface area contributed by atoms with E-state index in [0.29, 0.717) is 5.56 Å². The fourth-order valence-electron chi connectivity index (χ4n) is 1.48. The summed E-state index contributed by atoms with van der Waals surface area (Å²) in [7, 11) is -5.91. The average molecular weight is 395 g/mol. The van der Waals surface area contributed by atoms with Crippen molar-refractivity contribution in [1.29, 1.82) is 0 Å². The monoisotopic (exact) mass is 393 g/mol. The van der Waals surface area contributed by atoms with Gasteiger partial charge in [-0.05, 0) is 12.1 Å². The number of hydrogen-bond donors (Lipinski definition) is 0. The van der Waals surface area contributed by atoms with Crippen molar-refractivity contribution in [3.63, 3.8) is 0 Å². The molecule has 0 aliphatic heterocycles. The van der Waals surface area contributed by atoms with E-state index in [-0.39, 0.29) is 33.1 Å². The van der Waals surface area contributed by atoms with Gasteiger partial charge in [0.1, 0.15) is 14.7 Å². The van der Waals surface area contributed by atoms with Crippen LogP contribution in [0, 0.1) is 0 Å². The Bertz CT molecular complexity index is 732. The fraction of sp³-hybridized carbons (Fsp3) is 0.455. The molecule has 1 rings (SSSR count). The number of benzene rings is 1. The van der Waals surface area contributed by atoms with Gasteiger partial charge in [-0.1, -0.05) is 23.2 Å². The molecule has 0 aliphatic rings. The zero-order chi connectivity index (χ0) is 16.4. The number of rotatable bonds is 6. The molecule has 0 atom stereocenters. The normalized spacial score (nSPS) is 12.9. The zero-order valence-corrected chi connectivity index (χ0v) is 15.2. The molecule has 10 heteroatoms. The van der Waals surface area contributed by atoms with Crippen LogP contribution in [0.5, 0.6) is 0 Å². The smallest absolute Gasteiger partial charge is 0.229 e. The highest BCUT2D eigenvalue weighted by molar-refractivity contribution is 7.91. The summed E-state index contributed by atoms with van der Waals surface area (Å²) in [4.78, 5) is -0.153. The number of sulfonamides is 1. The highest BCUT2D eigenvalue weighted by Crippen LogP contribution is 2.33. The summed E-state index contributed by atoms with van der Waals surface area (Å²) in [6, 6.07) is 2.66. The van der Waals surface area contributed by atoms with E-state index >= 15 is 0 Å². The van der Waals surface area contributed by atoms with Crippen molar-refractivity contribution < 1.29 is 16.8 Å². The first-order valence-corrected chi connectivity index (χ1v) is 10.5. The molecule has 21 heavy (non-hydrogen) atoms. The zero-order valence-electron chi connectivity index (χ0n) is 11.3. The Morgan fingerprint density at radius 2 is 1.71 bits per heavy atom. The molecular weight excluding hydrogens is 381 g/mol. The van der Waals surface area contributed by atoms with E-state index in [1.807, 2.05) is 0 Å². The van der Waals surface area contributed by atoms with Gasteiger partial charge in [0.25, 0.3) is 0 Å². The van der Waals surface area contributed by atoms with Gasteiger partial charge in [-0.3, -0.25) is 0 Å². The minimum atomic E-state index is -3.92. The molecular formula is C11H14Cl3NO4S2. The van der Waals surface area contributed by atoms with E-state index in [9.17, 15) is 16.8 Å². The van der Waals surface area contributed by atoms with Crippen molar-refractivity contribution in [3.05, 3.63) is 27.7 Å². The Balaban J connectivity index is 3.20. The van der Waals surface area contributed by atoms with Gasteiger partial charge in [0.05, 0.1) is 16.7 Å².